The van der Waals surface area contributed by atoms with Crippen LogP contribution < -0.4 is 0 Å². The highest BCUT2D eigenvalue weighted by molar-refractivity contribution is 6.31. The molecule has 0 radical (unpaired) electrons. The van der Waals surface area contributed by atoms with Gasteiger partial charge in [0.2, 0.25) is 0 Å². The summed E-state index contributed by atoms with van der Waals surface area (Å²) in [6.45, 7) is 4.25. The van der Waals surface area contributed by atoms with Gasteiger partial charge in [-0.05, 0) is 29.9 Å². The molecule has 0 nitrogen and oxygen atoms in total. The molecule has 0 amide bonds. The van der Waals surface area contributed by atoms with Crippen LogP contribution in [-0.4, -0.2) is 0 Å². The SMILES string of the molecule is CCC1CC1(C)c1c(F)cccc1Cl. The number of hydrogen-bond acceptors (Lipinski definition) is 0. The summed E-state index contributed by atoms with van der Waals surface area (Å²) in [5, 5.41) is 0.573. The molecule has 1 aliphatic carbocycles. The fourth-order valence-corrected chi connectivity index (χ4v) is 2.78. The molecule has 0 N–H and O–H groups in total. The second kappa shape index (κ2) is 3.23. The zero-order valence-corrected chi connectivity index (χ0v) is 9.24. The van der Waals surface area contributed by atoms with E-state index in [4.69, 9.17) is 11.6 Å². The lowest BCUT2D eigenvalue weighted by Crippen LogP contribution is -2.08. The summed E-state index contributed by atoms with van der Waals surface area (Å²) in [6, 6.07) is 4.93. The van der Waals surface area contributed by atoms with Crippen molar-refractivity contribution in [3.8, 4) is 0 Å². The average Bonchev–Trinajstić information content (AvgIpc) is 2.77. The van der Waals surface area contributed by atoms with Crippen molar-refractivity contribution >= 4 is 11.6 Å². The Balaban J connectivity index is 2.43. The Bertz CT molecular complexity index is 341. The Labute approximate surface area is 89.1 Å². The first-order chi connectivity index (χ1) is 6.59. The molecule has 0 aromatic heterocycles. The number of rotatable bonds is 2. The molecule has 1 fully saturated rings. The van der Waals surface area contributed by atoms with Crippen LogP contribution in [0.15, 0.2) is 18.2 Å². The summed E-state index contributed by atoms with van der Waals surface area (Å²) >= 11 is 6.04. The normalized spacial score (nSPS) is 30.4. The third kappa shape index (κ3) is 1.35. The molecule has 0 spiro atoms. The van der Waals surface area contributed by atoms with Crippen LogP contribution in [-0.2, 0) is 5.41 Å². The van der Waals surface area contributed by atoms with Crippen LogP contribution >= 0.6 is 11.6 Å². The maximum atomic E-state index is 13.6. The van der Waals surface area contributed by atoms with Gasteiger partial charge in [0.05, 0.1) is 0 Å². The van der Waals surface area contributed by atoms with Crippen molar-refractivity contribution in [2.24, 2.45) is 5.92 Å². The monoisotopic (exact) mass is 212 g/mol. The molecule has 0 aliphatic heterocycles. The van der Waals surface area contributed by atoms with Gasteiger partial charge >= 0.3 is 0 Å². The van der Waals surface area contributed by atoms with E-state index in [2.05, 4.69) is 13.8 Å². The molecular weight excluding hydrogens is 199 g/mol. The van der Waals surface area contributed by atoms with Crippen molar-refractivity contribution in [1.29, 1.82) is 0 Å². The number of benzene rings is 1. The van der Waals surface area contributed by atoms with Crippen LogP contribution in [0.5, 0.6) is 0 Å². The van der Waals surface area contributed by atoms with E-state index < -0.39 is 0 Å². The molecular formula is C12H14ClF. The molecule has 1 saturated carbocycles. The first-order valence-corrected chi connectivity index (χ1v) is 5.42. The van der Waals surface area contributed by atoms with Crippen LogP contribution in [0.4, 0.5) is 4.39 Å². The lowest BCUT2D eigenvalue weighted by Gasteiger charge is -2.14. The highest BCUT2D eigenvalue weighted by Crippen LogP contribution is 2.57. The van der Waals surface area contributed by atoms with Crippen LogP contribution in [0.1, 0.15) is 32.3 Å². The molecule has 2 atom stereocenters. The van der Waals surface area contributed by atoms with Crippen molar-refractivity contribution in [1.82, 2.24) is 0 Å². The molecule has 1 aromatic carbocycles. The zero-order valence-electron chi connectivity index (χ0n) is 8.48. The van der Waals surface area contributed by atoms with E-state index in [1.54, 1.807) is 12.1 Å². The van der Waals surface area contributed by atoms with E-state index in [-0.39, 0.29) is 11.2 Å². The summed E-state index contributed by atoms with van der Waals surface area (Å²) in [6.07, 6.45) is 2.16. The molecule has 0 bridgehead atoms. The highest BCUT2D eigenvalue weighted by atomic mass is 35.5. The summed E-state index contributed by atoms with van der Waals surface area (Å²) in [4.78, 5) is 0. The second-order valence-electron chi connectivity index (χ2n) is 4.32. The molecule has 2 heteroatoms. The quantitative estimate of drug-likeness (QED) is 0.691. The van der Waals surface area contributed by atoms with Crippen molar-refractivity contribution < 1.29 is 4.39 Å². The second-order valence-corrected chi connectivity index (χ2v) is 4.73. The van der Waals surface area contributed by atoms with Crippen molar-refractivity contribution in [3.63, 3.8) is 0 Å². The van der Waals surface area contributed by atoms with Gasteiger partial charge in [-0.1, -0.05) is 37.9 Å². The zero-order chi connectivity index (χ0) is 10.3. The van der Waals surface area contributed by atoms with Gasteiger partial charge < -0.3 is 0 Å². The van der Waals surface area contributed by atoms with E-state index in [9.17, 15) is 4.39 Å². The summed E-state index contributed by atoms with van der Waals surface area (Å²) in [5.74, 6) is 0.438. The third-order valence-electron chi connectivity index (χ3n) is 3.44. The predicted molar refractivity (Wildman–Crippen MR) is 57.2 cm³/mol. The molecule has 2 rings (SSSR count). The summed E-state index contributed by atoms with van der Waals surface area (Å²) in [5.41, 5.74) is 0.700. The topological polar surface area (TPSA) is 0 Å². The summed E-state index contributed by atoms with van der Waals surface area (Å²) in [7, 11) is 0. The maximum absolute atomic E-state index is 13.6. The number of halogens is 2. The minimum absolute atomic E-state index is 0.0167. The molecule has 0 heterocycles. The fraction of sp³-hybridized carbons (Fsp3) is 0.500. The predicted octanol–water partition coefficient (Wildman–Crippen LogP) is 4.17. The third-order valence-corrected chi connectivity index (χ3v) is 3.75. The Morgan fingerprint density at radius 2 is 2.29 bits per heavy atom. The van der Waals surface area contributed by atoms with E-state index in [1.165, 1.54) is 6.07 Å². The lowest BCUT2D eigenvalue weighted by molar-refractivity contribution is 0.560. The van der Waals surface area contributed by atoms with Crippen LogP contribution in [0.3, 0.4) is 0 Å². The molecule has 1 aliphatic rings. The maximum Gasteiger partial charge on any atom is 0.128 e. The first-order valence-electron chi connectivity index (χ1n) is 5.04. The molecule has 1 aromatic rings. The van der Waals surface area contributed by atoms with E-state index in [1.807, 2.05) is 0 Å². The van der Waals surface area contributed by atoms with Crippen molar-refractivity contribution in [2.75, 3.05) is 0 Å². The van der Waals surface area contributed by atoms with Gasteiger partial charge in [0.15, 0.2) is 0 Å². The van der Waals surface area contributed by atoms with Crippen LogP contribution in [0.25, 0.3) is 0 Å². The first kappa shape index (κ1) is 9.97. The van der Waals surface area contributed by atoms with Gasteiger partial charge in [0, 0.05) is 10.6 Å². The van der Waals surface area contributed by atoms with Gasteiger partial charge in [0.25, 0.3) is 0 Å². The standard InChI is InChI=1S/C12H14ClF/c1-3-8-7-12(8,2)11-9(13)5-4-6-10(11)14/h4-6,8H,3,7H2,1-2H3. The van der Waals surface area contributed by atoms with Crippen molar-refractivity contribution in [2.45, 2.75) is 32.1 Å². The van der Waals surface area contributed by atoms with E-state index >= 15 is 0 Å². The molecule has 2 unspecified atom stereocenters. The lowest BCUT2D eigenvalue weighted by atomic mass is 9.94. The minimum atomic E-state index is -0.157. The Kier molecular flexibility index (Phi) is 2.30. The highest BCUT2D eigenvalue weighted by Gasteiger charge is 2.52. The van der Waals surface area contributed by atoms with Gasteiger partial charge in [-0.15, -0.1) is 0 Å². The minimum Gasteiger partial charge on any atom is -0.207 e. The molecule has 76 valence electrons. The Hall–Kier alpha value is -0.560. The molecule has 0 saturated heterocycles. The Morgan fingerprint density at radius 3 is 2.79 bits per heavy atom. The summed E-state index contributed by atoms with van der Waals surface area (Å²) < 4.78 is 13.6. The van der Waals surface area contributed by atoms with Crippen LogP contribution in [0.2, 0.25) is 5.02 Å². The van der Waals surface area contributed by atoms with E-state index in [0.29, 0.717) is 16.5 Å². The van der Waals surface area contributed by atoms with Gasteiger partial charge in [0.1, 0.15) is 5.82 Å². The van der Waals surface area contributed by atoms with Gasteiger partial charge in [-0.25, -0.2) is 4.39 Å². The van der Waals surface area contributed by atoms with E-state index in [0.717, 1.165) is 12.8 Å². The Morgan fingerprint density at radius 1 is 1.57 bits per heavy atom. The molecule has 14 heavy (non-hydrogen) atoms. The largest absolute Gasteiger partial charge is 0.207 e. The average molecular weight is 213 g/mol. The van der Waals surface area contributed by atoms with Crippen LogP contribution in [0, 0.1) is 11.7 Å². The fourth-order valence-electron chi connectivity index (χ4n) is 2.40. The van der Waals surface area contributed by atoms with Crippen molar-refractivity contribution in [3.05, 3.63) is 34.6 Å². The van der Waals surface area contributed by atoms with Gasteiger partial charge in [-0.2, -0.15) is 0 Å². The number of hydrogen-bond donors (Lipinski definition) is 0. The van der Waals surface area contributed by atoms with Gasteiger partial charge in [-0.3, -0.25) is 0 Å². The smallest absolute Gasteiger partial charge is 0.128 e.